The highest BCUT2D eigenvalue weighted by Crippen LogP contribution is 2.30. The van der Waals surface area contributed by atoms with Gasteiger partial charge in [0.15, 0.2) is 0 Å². The van der Waals surface area contributed by atoms with Gasteiger partial charge in [-0.2, -0.15) is 0 Å². The Hall–Kier alpha value is -1.61. The number of carbonyl (C=O) groups is 2. The van der Waals surface area contributed by atoms with Crippen LogP contribution in [0.1, 0.15) is 39.7 Å². The lowest BCUT2D eigenvalue weighted by Crippen LogP contribution is -2.50. The van der Waals surface area contributed by atoms with E-state index in [1.165, 1.54) is 19.2 Å². The Morgan fingerprint density at radius 1 is 1.24 bits per heavy atom. The van der Waals surface area contributed by atoms with Gasteiger partial charge in [-0.1, -0.05) is 30.1 Å². The molecule has 0 aliphatic carbocycles. The smallest absolute Gasteiger partial charge is 0.410 e. The van der Waals surface area contributed by atoms with Gasteiger partial charge in [0.05, 0.1) is 35.7 Å². The van der Waals surface area contributed by atoms with Crippen LogP contribution in [0.2, 0.25) is 10.0 Å². The summed E-state index contributed by atoms with van der Waals surface area (Å²) >= 11 is 11.8. The molecule has 2 amide bonds. The summed E-state index contributed by atoms with van der Waals surface area (Å²) in [6, 6.07) is 2.22. The topological polar surface area (TPSA) is 77.1 Å². The van der Waals surface area contributed by atoms with Crippen LogP contribution in [0.15, 0.2) is 12.1 Å². The third kappa shape index (κ3) is 7.44. The van der Waals surface area contributed by atoms with E-state index in [1.54, 1.807) is 39.7 Å². The van der Waals surface area contributed by atoms with Crippen molar-refractivity contribution in [3.8, 4) is 0 Å². The molecule has 7 nitrogen and oxygen atoms in total. The van der Waals surface area contributed by atoms with E-state index in [2.05, 4.69) is 5.32 Å². The van der Waals surface area contributed by atoms with E-state index >= 15 is 0 Å². The summed E-state index contributed by atoms with van der Waals surface area (Å²) in [5.41, 5.74) is -0.106. The molecule has 1 aromatic carbocycles. The molecule has 0 aromatic heterocycles. The number of nitrogens with one attached hydrogen (secondary N) is 1. The lowest BCUT2D eigenvalue weighted by Gasteiger charge is -2.34. The monoisotopic (exact) mass is 506 g/mol. The van der Waals surface area contributed by atoms with Gasteiger partial charge < -0.3 is 19.5 Å². The molecule has 0 saturated carbocycles. The number of benzene rings is 1. The van der Waals surface area contributed by atoms with Crippen LogP contribution in [0.5, 0.6) is 0 Å². The molecule has 1 aliphatic rings. The van der Waals surface area contributed by atoms with E-state index in [-0.39, 0.29) is 23.6 Å². The van der Waals surface area contributed by atoms with E-state index in [0.717, 1.165) is 0 Å². The van der Waals surface area contributed by atoms with Gasteiger partial charge in [-0.25, -0.2) is 9.18 Å². The quantitative estimate of drug-likeness (QED) is 0.526. The zero-order valence-corrected chi connectivity index (χ0v) is 21.4. The molecule has 2 rings (SSSR count). The van der Waals surface area contributed by atoms with Crippen molar-refractivity contribution in [3.05, 3.63) is 33.6 Å². The number of ether oxygens (including phenoxy) is 3. The number of nitrogens with zero attached hydrogens (tertiary/aromatic N) is 1. The number of rotatable bonds is 8. The predicted octanol–water partition coefficient (Wildman–Crippen LogP) is 4.47. The second kappa shape index (κ2) is 11.7. The van der Waals surface area contributed by atoms with Crippen LogP contribution >= 0.6 is 23.2 Å². The van der Waals surface area contributed by atoms with Crippen molar-refractivity contribution in [1.29, 1.82) is 0 Å². The molecule has 1 aromatic rings. The van der Waals surface area contributed by atoms with Crippen molar-refractivity contribution in [1.82, 2.24) is 10.2 Å². The first-order chi connectivity index (χ1) is 15.4. The van der Waals surface area contributed by atoms with Crippen LogP contribution in [0.4, 0.5) is 9.18 Å². The Morgan fingerprint density at radius 3 is 2.48 bits per heavy atom. The predicted molar refractivity (Wildman–Crippen MR) is 125 cm³/mol. The van der Waals surface area contributed by atoms with Crippen molar-refractivity contribution < 1.29 is 28.2 Å². The van der Waals surface area contributed by atoms with Crippen LogP contribution < -0.4 is 5.32 Å². The summed E-state index contributed by atoms with van der Waals surface area (Å²) in [4.78, 5) is 27.2. The van der Waals surface area contributed by atoms with Gasteiger partial charge in [0.2, 0.25) is 5.91 Å². The van der Waals surface area contributed by atoms with E-state index in [9.17, 15) is 14.0 Å². The Balaban J connectivity index is 2.05. The maximum Gasteiger partial charge on any atom is 0.410 e. The van der Waals surface area contributed by atoms with Crippen LogP contribution in [-0.4, -0.2) is 68.1 Å². The molecule has 1 fully saturated rings. The molecule has 0 spiro atoms. The third-order valence-electron chi connectivity index (χ3n) is 5.61. The highest BCUT2D eigenvalue weighted by molar-refractivity contribution is 6.35. The molecule has 186 valence electrons. The largest absolute Gasteiger partial charge is 0.444 e. The van der Waals surface area contributed by atoms with Gasteiger partial charge >= 0.3 is 6.09 Å². The molecule has 4 atom stereocenters. The van der Waals surface area contributed by atoms with Gasteiger partial charge in [-0.05, 0) is 51.3 Å². The van der Waals surface area contributed by atoms with E-state index in [0.29, 0.717) is 30.0 Å². The van der Waals surface area contributed by atoms with Crippen LogP contribution in [0.3, 0.4) is 0 Å². The van der Waals surface area contributed by atoms with Crippen molar-refractivity contribution in [2.45, 2.75) is 64.4 Å². The fourth-order valence-electron chi connectivity index (χ4n) is 3.92. The Bertz CT molecular complexity index is 849. The first kappa shape index (κ1) is 27.6. The van der Waals surface area contributed by atoms with Gasteiger partial charge in [0.1, 0.15) is 11.4 Å². The summed E-state index contributed by atoms with van der Waals surface area (Å²) in [6.45, 7) is 7.74. The van der Waals surface area contributed by atoms with E-state index in [4.69, 9.17) is 37.4 Å². The molecular formula is C23H33Cl2FN2O5. The normalized spacial score (nSPS) is 20.5. The number of halogens is 3. The minimum atomic E-state index is -0.652. The Labute approximate surface area is 204 Å². The van der Waals surface area contributed by atoms with Crippen LogP contribution in [-0.2, 0) is 25.4 Å². The van der Waals surface area contributed by atoms with Gasteiger partial charge in [0, 0.05) is 25.8 Å². The molecule has 0 unspecified atom stereocenters. The maximum absolute atomic E-state index is 13.7. The summed E-state index contributed by atoms with van der Waals surface area (Å²) in [5.74, 6) is -1.39. The van der Waals surface area contributed by atoms with Crippen LogP contribution in [0, 0.1) is 11.7 Å². The van der Waals surface area contributed by atoms with Crippen molar-refractivity contribution in [2.75, 3.05) is 27.3 Å². The van der Waals surface area contributed by atoms with Gasteiger partial charge in [0.25, 0.3) is 0 Å². The zero-order chi connectivity index (χ0) is 24.9. The maximum atomic E-state index is 13.7. The number of carbonyl (C=O) groups excluding carboxylic acids is 2. The standard InChI is InChI=1S/C23H33Cl2FN2O5/c1-13(21(29)27-8-7-14-9-18(26)17(25)11-16(14)24)20(32-6)19-10-15(31-5)12-28(19)22(30)33-23(2,3)4/h9,11,13,15,19-20H,7-8,10,12H2,1-6H3,(H,27,29)/t13-,15-,19-,20-/m1/s1. The second-order valence-electron chi connectivity index (χ2n) is 9.18. The molecule has 33 heavy (non-hydrogen) atoms. The SMILES string of the molecule is CO[C@@H]1C[C@H]([C@H](OC)[C@@H](C)C(=O)NCCc2cc(F)c(Cl)cc2Cl)N(C(=O)OC(C)(C)C)C1. The molecule has 0 radical (unpaired) electrons. The summed E-state index contributed by atoms with van der Waals surface area (Å²) < 4.78 is 30.4. The molecule has 1 heterocycles. The number of likely N-dealkylation sites (tertiary alicyclic amines) is 1. The van der Waals surface area contributed by atoms with E-state index in [1.807, 2.05) is 0 Å². The fourth-order valence-corrected chi connectivity index (χ4v) is 4.40. The Morgan fingerprint density at radius 2 is 1.91 bits per heavy atom. The van der Waals surface area contributed by atoms with Crippen molar-refractivity contribution >= 4 is 35.2 Å². The Kier molecular flexibility index (Phi) is 9.79. The summed E-state index contributed by atoms with van der Waals surface area (Å²) in [6.07, 6.45) is -0.374. The first-order valence-electron chi connectivity index (χ1n) is 10.8. The molecule has 0 bridgehead atoms. The lowest BCUT2D eigenvalue weighted by molar-refractivity contribution is -0.130. The zero-order valence-electron chi connectivity index (χ0n) is 19.9. The number of hydrogen-bond donors (Lipinski definition) is 1. The molecule has 1 aliphatic heterocycles. The lowest BCUT2D eigenvalue weighted by atomic mass is 9.94. The fraction of sp³-hybridized carbons (Fsp3) is 0.652. The van der Waals surface area contributed by atoms with Gasteiger partial charge in [-0.3, -0.25) is 9.69 Å². The third-order valence-corrected chi connectivity index (χ3v) is 6.25. The average molecular weight is 507 g/mol. The second-order valence-corrected chi connectivity index (χ2v) is 10.00. The number of hydrogen-bond acceptors (Lipinski definition) is 5. The molecule has 1 saturated heterocycles. The average Bonchev–Trinajstić information content (AvgIpc) is 3.15. The summed E-state index contributed by atoms with van der Waals surface area (Å²) in [7, 11) is 3.10. The number of amides is 2. The minimum Gasteiger partial charge on any atom is -0.444 e. The molecule has 10 heteroatoms. The minimum absolute atomic E-state index is 0.0511. The summed E-state index contributed by atoms with van der Waals surface area (Å²) in [5, 5.41) is 3.12. The molecule has 1 N–H and O–H groups in total. The van der Waals surface area contributed by atoms with Crippen molar-refractivity contribution in [2.24, 2.45) is 5.92 Å². The van der Waals surface area contributed by atoms with Crippen molar-refractivity contribution in [3.63, 3.8) is 0 Å². The first-order valence-corrected chi connectivity index (χ1v) is 11.6. The molecular weight excluding hydrogens is 474 g/mol. The van der Waals surface area contributed by atoms with E-state index < -0.39 is 35.6 Å². The highest BCUT2D eigenvalue weighted by atomic mass is 35.5. The highest BCUT2D eigenvalue weighted by Gasteiger charge is 2.45. The van der Waals surface area contributed by atoms with Gasteiger partial charge in [-0.15, -0.1) is 0 Å². The number of methoxy groups -OCH3 is 2. The van der Waals surface area contributed by atoms with Crippen LogP contribution in [0.25, 0.3) is 0 Å².